The third-order valence-electron chi connectivity index (χ3n) is 3.64. The van der Waals surface area contributed by atoms with E-state index in [1.165, 1.54) is 0 Å². The van der Waals surface area contributed by atoms with Crippen molar-refractivity contribution in [3.05, 3.63) is 23.8 Å². The van der Waals surface area contributed by atoms with Crippen LogP contribution in [0.4, 0.5) is 0 Å². The van der Waals surface area contributed by atoms with Crippen LogP contribution in [0.2, 0.25) is 0 Å². The monoisotopic (exact) mass is 344 g/mol. The average Bonchev–Trinajstić information content (AvgIpc) is 2.56. The molecule has 0 radical (unpaired) electrons. The van der Waals surface area contributed by atoms with Gasteiger partial charge in [0.2, 0.25) is 5.91 Å². The largest absolute Gasteiger partial charge is 0.493 e. The maximum absolute atomic E-state index is 12.0. The first-order valence-corrected chi connectivity index (χ1v) is 7.84. The highest BCUT2D eigenvalue weighted by Gasteiger charge is 2.11. The first-order valence-electron chi connectivity index (χ1n) is 7.84. The second-order valence-corrected chi connectivity index (χ2v) is 5.33. The zero-order chi connectivity index (χ0) is 16.4. The lowest BCUT2D eigenvalue weighted by Crippen LogP contribution is -2.40. The fraction of sp³-hybridized carbons (Fsp3) is 0.588. The number of aryl methyl sites for hydroxylation is 1. The maximum atomic E-state index is 12.0. The van der Waals surface area contributed by atoms with E-state index in [1.54, 1.807) is 14.2 Å². The van der Waals surface area contributed by atoms with E-state index in [1.807, 2.05) is 18.2 Å². The molecule has 6 heteroatoms. The van der Waals surface area contributed by atoms with Crippen LogP contribution in [0.15, 0.2) is 18.2 Å². The van der Waals surface area contributed by atoms with Gasteiger partial charge in [0.1, 0.15) is 0 Å². The van der Waals surface area contributed by atoms with Gasteiger partial charge < -0.3 is 20.5 Å². The molecule has 1 aromatic rings. The van der Waals surface area contributed by atoms with Crippen LogP contribution in [0.5, 0.6) is 11.5 Å². The fourth-order valence-corrected chi connectivity index (χ4v) is 2.29. The number of carbonyl (C=O) groups excluding carboxylic acids is 1. The van der Waals surface area contributed by atoms with E-state index in [0.29, 0.717) is 30.9 Å². The van der Waals surface area contributed by atoms with E-state index in [0.717, 1.165) is 24.8 Å². The number of hydrogen-bond acceptors (Lipinski definition) is 4. The average molecular weight is 345 g/mol. The molecule has 1 rings (SSSR count). The van der Waals surface area contributed by atoms with Gasteiger partial charge in [-0.15, -0.1) is 12.4 Å². The van der Waals surface area contributed by atoms with Crippen molar-refractivity contribution < 1.29 is 14.3 Å². The summed E-state index contributed by atoms with van der Waals surface area (Å²) in [4.78, 5) is 12.0. The summed E-state index contributed by atoms with van der Waals surface area (Å²) in [6.07, 6.45) is 4.24. The molecule has 0 aromatic heterocycles. The van der Waals surface area contributed by atoms with E-state index in [2.05, 4.69) is 12.2 Å². The molecule has 0 aliphatic rings. The number of unbranched alkanes of at least 4 members (excludes halogenated alkanes) is 1. The van der Waals surface area contributed by atoms with Gasteiger partial charge in [-0.25, -0.2) is 0 Å². The Balaban J connectivity index is 0.00000484. The molecule has 3 N–H and O–H groups in total. The number of nitrogens with one attached hydrogen (secondary N) is 1. The van der Waals surface area contributed by atoms with E-state index < -0.39 is 0 Å². The van der Waals surface area contributed by atoms with E-state index in [-0.39, 0.29) is 24.4 Å². The molecule has 23 heavy (non-hydrogen) atoms. The lowest BCUT2D eigenvalue weighted by molar-refractivity contribution is -0.121. The first-order chi connectivity index (χ1) is 10.6. The molecule has 0 fully saturated rings. The van der Waals surface area contributed by atoms with E-state index in [9.17, 15) is 4.79 Å². The van der Waals surface area contributed by atoms with Crippen molar-refractivity contribution in [3.8, 4) is 11.5 Å². The van der Waals surface area contributed by atoms with Crippen LogP contribution in [0.3, 0.4) is 0 Å². The molecular formula is C17H29ClN2O3. The number of rotatable bonds is 10. The predicted octanol–water partition coefficient (Wildman–Crippen LogP) is 2.69. The lowest BCUT2D eigenvalue weighted by atomic mass is 10.1. The SMILES string of the molecule is CCCCC(CN)NC(=O)CCc1ccc(OC)c(OC)c1.Cl. The topological polar surface area (TPSA) is 73.6 Å². The van der Waals surface area contributed by atoms with Crippen molar-refractivity contribution in [2.75, 3.05) is 20.8 Å². The summed E-state index contributed by atoms with van der Waals surface area (Å²) in [7, 11) is 3.21. The number of ether oxygens (including phenoxy) is 2. The molecule has 0 spiro atoms. The van der Waals surface area contributed by atoms with Crippen molar-refractivity contribution >= 4 is 18.3 Å². The van der Waals surface area contributed by atoms with E-state index >= 15 is 0 Å². The Bertz CT molecular complexity index is 469. The third-order valence-corrected chi connectivity index (χ3v) is 3.64. The van der Waals surface area contributed by atoms with Crippen LogP contribution in [-0.2, 0) is 11.2 Å². The second-order valence-electron chi connectivity index (χ2n) is 5.33. The molecule has 0 aliphatic carbocycles. The number of hydrogen-bond donors (Lipinski definition) is 2. The molecule has 1 atom stereocenters. The van der Waals surface area contributed by atoms with Crippen LogP contribution in [0, 0.1) is 0 Å². The summed E-state index contributed by atoms with van der Waals surface area (Å²) < 4.78 is 10.5. The first kappa shape index (κ1) is 21.5. The van der Waals surface area contributed by atoms with Gasteiger partial charge in [-0.2, -0.15) is 0 Å². The minimum Gasteiger partial charge on any atom is -0.493 e. The smallest absolute Gasteiger partial charge is 0.220 e. The molecule has 0 saturated heterocycles. The maximum Gasteiger partial charge on any atom is 0.220 e. The zero-order valence-corrected chi connectivity index (χ0v) is 15.1. The highest BCUT2D eigenvalue weighted by molar-refractivity contribution is 5.85. The lowest BCUT2D eigenvalue weighted by Gasteiger charge is -2.16. The van der Waals surface area contributed by atoms with Crippen molar-refractivity contribution in [1.29, 1.82) is 0 Å². The van der Waals surface area contributed by atoms with Crippen LogP contribution >= 0.6 is 12.4 Å². The number of halogens is 1. The molecule has 1 aromatic carbocycles. The predicted molar refractivity (Wildman–Crippen MR) is 95.6 cm³/mol. The Morgan fingerprint density at radius 2 is 1.96 bits per heavy atom. The molecule has 5 nitrogen and oxygen atoms in total. The van der Waals surface area contributed by atoms with Gasteiger partial charge in [-0.3, -0.25) is 4.79 Å². The standard InChI is InChI=1S/C17H28N2O3.ClH/c1-4-5-6-14(12-18)19-17(20)10-8-13-7-9-15(21-2)16(11-13)22-3;/h7,9,11,14H,4-6,8,10,12,18H2,1-3H3,(H,19,20);1H. The van der Waals surface area contributed by atoms with Crippen molar-refractivity contribution in [2.24, 2.45) is 5.73 Å². The Kier molecular flexibility index (Phi) is 11.3. The molecular weight excluding hydrogens is 316 g/mol. The summed E-state index contributed by atoms with van der Waals surface area (Å²) in [5.74, 6) is 1.42. The van der Waals surface area contributed by atoms with Crippen LogP contribution < -0.4 is 20.5 Å². The molecule has 132 valence electrons. The Morgan fingerprint density at radius 1 is 1.26 bits per heavy atom. The normalized spacial score (nSPS) is 11.3. The number of methoxy groups -OCH3 is 2. The molecule has 1 amide bonds. The van der Waals surface area contributed by atoms with Crippen LogP contribution in [0.25, 0.3) is 0 Å². The quantitative estimate of drug-likeness (QED) is 0.684. The van der Waals surface area contributed by atoms with Gasteiger partial charge in [0.25, 0.3) is 0 Å². The molecule has 0 saturated carbocycles. The number of benzene rings is 1. The van der Waals surface area contributed by atoms with Crippen LogP contribution in [-0.4, -0.2) is 32.7 Å². The van der Waals surface area contributed by atoms with Crippen molar-refractivity contribution in [2.45, 2.75) is 45.1 Å². The third kappa shape index (κ3) is 7.57. The Labute approximate surface area is 145 Å². The van der Waals surface area contributed by atoms with E-state index in [4.69, 9.17) is 15.2 Å². The summed E-state index contributed by atoms with van der Waals surface area (Å²) in [6, 6.07) is 5.80. The van der Waals surface area contributed by atoms with Crippen molar-refractivity contribution in [3.63, 3.8) is 0 Å². The summed E-state index contributed by atoms with van der Waals surface area (Å²) in [5, 5.41) is 3.00. The highest BCUT2D eigenvalue weighted by Crippen LogP contribution is 2.27. The molecule has 0 heterocycles. The fourth-order valence-electron chi connectivity index (χ4n) is 2.29. The number of amides is 1. The zero-order valence-electron chi connectivity index (χ0n) is 14.3. The Hall–Kier alpha value is -1.46. The minimum absolute atomic E-state index is 0. The highest BCUT2D eigenvalue weighted by atomic mass is 35.5. The summed E-state index contributed by atoms with van der Waals surface area (Å²) in [5.41, 5.74) is 6.74. The van der Waals surface area contributed by atoms with Gasteiger partial charge in [-0.05, 0) is 30.5 Å². The van der Waals surface area contributed by atoms with Gasteiger partial charge in [0.05, 0.1) is 14.2 Å². The van der Waals surface area contributed by atoms with Crippen LogP contribution in [0.1, 0.15) is 38.2 Å². The van der Waals surface area contributed by atoms with Gasteiger partial charge >= 0.3 is 0 Å². The summed E-state index contributed by atoms with van der Waals surface area (Å²) in [6.45, 7) is 2.62. The van der Waals surface area contributed by atoms with Crippen molar-refractivity contribution in [1.82, 2.24) is 5.32 Å². The molecule has 0 bridgehead atoms. The minimum atomic E-state index is 0. The number of carbonyl (C=O) groups is 1. The molecule has 0 aliphatic heterocycles. The molecule has 1 unspecified atom stereocenters. The van der Waals surface area contributed by atoms with Gasteiger partial charge in [0, 0.05) is 19.0 Å². The number of nitrogens with two attached hydrogens (primary N) is 1. The van der Waals surface area contributed by atoms with Gasteiger partial charge in [-0.1, -0.05) is 25.8 Å². The Morgan fingerprint density at radius 3 is 2.52 bits per heavy atom. The second kappa shape index (κ2) is 12.0. The van der Waals surface area contributed by atoms with Gasteiger partial charge in [0.15, 0.2) is 11.5 Å². The summed E-state index contributed by atoms with van der Waals surface area (Å²) >= 11 is 0.